The number of alkyl halides is 3. The topological polar surface area (TPSA) is 122 Å². The quantitative estimate of drug-likeness (QED) is 0.529. The number of urea groups is 1. The van der Waals surface area contributed by atoms with Crippen molar-refractivity contribution in [3.8, 4) is 5.75 Å². The maximum atomic E-state index is 14.7. The lowest BCUT2D eigenvalue weighted by Gasteiger charge is -2.30. The summed E-state index contributed by atoms with van der Waals surface area (Å²) in [5.74, 6) is -4.58. The minimum atomic E-state index is -4.76. The van der Waals surface area contributed by atoms with Gasteiger partial charge in [-0.05, 0) is 19.1 Å². The summed E-state index contributed by atoms with van der Waals surface area (Å²) in [7, 11) is 0. The van der Waals surface area contributed by atoms with E-state index in [9.17, 15) is 31.5 Å². The van der Waals surface area contributed by atoms with Crippen LogP contribution in [-0.2, 0) is 11.0 Å². The van der Waals surface area contributed by atoms with Gasteiger partial charge >= 0.3 is 12.2 Å². The number of ether oxygens (including phenoxy) is 1. The molecule has 0 radical (unpaired) electrons. The van der Waals surface area contributed by atoms with Gasteiger partial charge in [0.25, 0.3) is 0 Å². The van der Waals surface area contributed by atoms with E-state index in [1.165, 1.54) is 6.92 Å². The average Bonchev–Trinajstić information content (AvgIpc) is 3.08. The van der Waals surface area contributed by atoms with E-state index in [-0.39, 0.29) is 5.65 Å². The number of carbonyl (C=O) groups is 2. The van der Waals surface area contributed by atoms with Crippen LogP contribution in [0.25, 0.3) is 11.0 Å². The van der Waals surface area contributed by atoms with Gasteiger partial charge in [0.05, 0.1) is 23.0 Å². The highest BCUT2D eigenvalue weighted by atomic mass is 19.4. The fraction of sp³-hybridized carbons (Fsp3) is 0.278. The fourth-order valence-corrected chi connectivity index (χ4v) is 3.03. The van der Waals surface area contributed by atoms with Crippen molar-refractivity contribution in [3.63, 3.8) is 0 Å². The molecule has 0 saturated heterocycles. The third kappa shape index (κ3) is 4.75. The zero-order valence-electron chi connectivity index (χ0n) is 15.9. The second kappa shape index (κ2) is 7.89. The predicted molar refractivity (Wildman–Crippen MR) is 97.8 cm³/mol. The number of hydrogen-bond acceptors (Lipinski definition) is 4. The Morgan fingerprint density at radius 2 is 2.06 bits per heavy atom. The molecule has 1 aliphatic carbocycles. The Bertz CT molecular complexity index is 1110. The van der Waals surface area contributed by atoms with E-state index < -0.39 is 70.7 Å². The van der Waals surface area contributed by atoms with Crippen molar-refractivity contribution in [1.82, 2.24) is 20.6 Å². The Morgan fingerprint density at radius 1 is 1.35 bits per heavy atom. The molecule has 0 bridgehead atoms. The molecule has 3 amide bonds. The first-order valence-corrected chi connectivity index (χ1v) is 8.72. The van der Waals surface area contributed by atoms with E-state index in [4.69, 9.17) is 10.5 Å². The first-order valence-electron chi connectivity index (χ1n) is 8.72. The van der Waals surface area contributed by atoms with Crippen LogP contribution < -0.4 is 21.1 Å². The Morgan fingerprint density at radius 3 is 2.68 bits per heavy atom. The molecule has 31 heavy (non-hydrogen) atoms. The molecule has 13 heteroatoms. The largest absolute Gasteiger partial charge is 0.451 e. The molecule has 1 unspecified atom stereocenters. The molecular weight excluding hydrogens is 429 g/mol. The van der Waals surface area contributed by atoms with Crippen LogP contribution in [0.5, 0.6) is 5.75 Å². The average molecular weight is 445 g/mol. The van der Waals surface area contributed by atoms with Crippen LogP contribution in [-0.4, -0.2) is 34.0 Å². The summed E-state index contributed by atoms with van der Waals surface area (Å²) in [4.78, 5) is 28.6. The third-order valence-electron chi connectivity index (χ3n) is 4.31. The highest BCUT2D eigenvalue weighted by Crippen LogP contribution is 2.41. The second-order valence-electron chi connectivity index (χ2n) is 6.93. The van der Waals surface area contributed by atoms with Crippen molar-refractivity contribution in [2.45, 2.75) is 25.1 Å². The number of rotatable bonds is 5. The minimum absolute atomic E-state index is 0.177. The minimum Gasteiger partial charge on any atom is -0.451 e. The van der Waals surface area contributed by atoms with Crippen molar-refractivity contribution in [2.24, 2.45) is 5.73 Å². The van der Waals surface area contributed by atoms with Gasteiger partial charge in [-0.25, -0.2) is 18.6 Å². The molecule has 0 spiro atoms. The first-order chi connectivity index (χ1) is 14.4. The van der Waals surface area contributed by atoms with E-state index in [2.05, 4.69) is 20.6 Å². The predicted octanol–water partition coefficient (Wildman–Crippen LogP) is 2.94. The van der Waals surface area contributed by atoms with Crippen molar-refractivity contribution in [3.05, 3.63) is 47.5 Å². The summed E-state index contributed by atoms with van der Waals surface area (Å²) in [6, 6.07) is 0.142. The molecule has 2 heterocycles. The molecular formula is C18H16F5N5O3. The second-order valence-corrected chi connectivity index (χ2v) is 6.93. The summed E-state index contributed by atoms with van der Waals surface area (Å²) in [5, 5.41) is 3.91. The molecule has 166 valence electrons. The monoisotopic (exact) mass is 445 g/mol. The maximum absolute atomic E-state index is 14.7. The molecule has 2 aromatic heterocycles. The number of pyridine rings is 1. The van der Waals surface area contributed by atoms with Gasteiger partial charge in [0.2, 0.25) is 5.91 Å². The Balaban J connectivity index is 1.87. The number of nitrogens with two attached hydrogens (primary N) is 1. The number of fused-ring (bicyclic) bond motifs is 1. The van der Waals surface area contributed by atoms with Gasteiger partial charge in [0.15, 0.2) is 11.6 Å². The normalized spacial score (nSPS) is 19.2. The molecule has 0 saturated carbocycles. The smallest absolute Gasteiger partial charge is 0.418 e. The van der Waals surface area contributed by atoms with E-state index >= 15 is 0 Å². The van der Waals surface area contributed by atoms with Crippen molar-refractivity contribution < 1.29 is 36.3 Å². The number of amides is 3. The van der Waals surface area contributed by atoms with E-state index in [0.717, 1.165) is 18.3 Å². The van der Waals surface area contributed by atoms with Gasteiger partial charge in [-0.3, -0.25) is 4.79 Å². The lowest BCUT2D eigenvalue weighted by atomic mass is 9.91. The molecule has 0 aliphatic heterocycles. The van der Waals surface area contributed by atoms with Gasteiger partial charge in [-0.1, -0.05) is 0 Å². The van der Waals surface area contributed by atoms with Crippen LogP contribution in [0.4, 0.5) is 26.7 Å². The number of H-pyrrole nitrogens is 1. The summed E-state index contributed by atoms with van der Waals surface area (Å²) >= 11 is 0. The number of aromatic amines is 1. The summed E-state index contributed by atoms with van der Waals surface area (Å²) < 4.78 is 74.3. The van der Waals surface area contributed by atoms with Crippen LogP contribution in [0.15, 0.2) is 41.9 Å². The summed E-state index contributed by atoms with van der Waals surface area (Å²) in [6.45, 7) is 0.808. The van der Waals surface area contributed by atoms with Crippen LogP contribution in [0.3, 0.4) is 0 Å². The lowest BCUT2D eigenvalue weighted by Crippen LogP contribution is -2.51. The number of hydrogen-bond donors (Lipinski definition) is 4. The number of nitrogens with one attached hydrogen (secondary N) is 3. The molecule has 5 N–H and O–H groups in total. The molecule has 0 aromatic carbocycles. The molecule has 1 atom stereocenters. The molecule has 2 aromatic rings. The Labute approximate surface area is 171 Å². The number of allylic oxidation sites excluding steroid dienone is 1. The van der Waals surface area contributed by atoms with Gasteiger partial charge in [-0.15, -0.1) is 0 Å². The van der Waals surface area contributed by atoms with Crippen LogP contribution >= 0.6 is 0 Å². The van der Waals surface area contributed by atoms with Crippen LogP contribution in [0, 0.1) is 0 Å². The zero-order chi connectivity index (χ0) is 23.0. The first kappa shape index (κ1) is 22.1. The van der Waals surface area contributed by atoms with Crippen LogP contribution in [0.2, 0.25) is 0 Å². The molecule has 1 aliphatic rings. The number of aromatic nitrogens is 2. The number of halogens is 5. The van der Waals surface area contributed by atoms with E-state index in [1.54, 1.807) is 0 Å². The summed E-state index contributed by atoms with van der Waals surface area (Å²) in [6.07, 6.45) is -2.68. The van der Waals surface area contributed by atoms with E-state index in [0.29, 0.717) is 6.20 Å². The van der Waals surface area contributed by atoms with Gasteiger partial charge in [0, 0.05) is 18.8 Å². The fourth-order valence-electron chi connectivity index (χ4n) is 3.03. The lowest BCUT2D eigenvalue weighted by molar-refractivity contribution is -0.136. The zero-order valence-corrected chi connectivity index (χ0v) is 15.9. The van der Waals surface area contributed by atoms with Crippen LogP contribution in [0.1, 0.15) is 18.9 Å². The standard InChI is InChI=1S/C18H16F5N5O3/c1-17(28-16(30)27-7-12(24)29)4-9(19)14(10(20)5-17)31-11-2-3-25-15-13(11)8(6-26-15)18(21,22)23/h2-4,6H,5,7H2,1H3,(H2,24,29)(H,25,26)(H2,27,28,30). The maximum Gasteiger partial charge on any atom is 0.418 e. The molecule has 3 rings (SSSR count). The molecule has 8 nitrogen and oxygen atoms in total. The van der Waals surface area contributed by atoms with Gasteiger partial charge in [-0.2, -0.15) is 13.2 Å². The van der Waals surface area contributed by atoms with Crippen molar-refractivity contribution >= 4 is 23.0 Å². The third-order valence-corrected chi connectivity index (χ3v) is 4.31. The van der Waals surface area contributed by atoms with Gasteiger partial charge in [0.1, 0.15) is 17.2 Å². The Hall–Kier alpha value is -3.64. The van der Waals surface area contributed by atoms with Gasteiger partial charge < -0.3 is 26.1 Å². The summed E-state index contributed by atoms with van der Waals surface area (Å²) in [5.41, 5.74) is 2.07. The number of primary amides is 1. The van der Waals surface area contributed by atoms with Crippen molar-refractivity contribution in [1.29, 1.82) is 0 Å². The highest BCUT2D eigenvalue weighted by molar-refractivity contribution is 5.87. The number of carbonyl (C=O) groups excluding carboxylic acids is 2. The Kier molecular flexibility index (Phi) is 5.61. The SMILES string of the molecule is CC1(NC(=O)NCC(N)=O)C=C(F)C(Oc2ccnc3[nH]cc(C(F)(F)F)c23)=C(F)C1. The highest BCUT2D eigenvalue weighted by Gasteiger charge is 2.37. The van der Waals surface area contributed by atoms with E-state index in [1.807, 2.05) is 0 Å². The van der Waals surface area contributed by atoms with Crippen molar-refractivity contribution in [2.75, 3.05) is 6.54 Å². The molecule has 0 fully saturated rings. The number of nitrogens with zero attached hydrogens (tertiary/aromatic N) is 1.